The number of aliphatic hydroxyl groups excluding tert-OH is 7. The molecule has 0 radical (unpaired) electrons. The summed E-state index contributed by atoms with van der Waals surface area (Å²) in [7, 11) is 0. The number of unbranched alkanes of at least 4 members (excludes halogenated alkanes) is 50. The van der Waals surface area contributed by atoms with Crippen LogP contribution in [0, 0.1) is 0 Å². The van der Waals surface area contributed by atoms with Crippen LogP contribution in [0.4, 0.5) is 0 Å². The van der Waals surface area contributed by atoms with Crippen molar-refractivity contribution in [2.45, 2.75) is 422 Å². The van der Waals surface area contributed by atoms with Gasteiger partial charge in [-0.3, -0.25) is 4.79 Å². The molecule has 0 bridgehead atoms. The van der Waals surface area contributed by atoms with Crippen molar-refractivity contribution in [3.8, 4) is 0 Å². The van der Waals surface area contributed by atoms with Crippen molar-refractivity contribution in [1.29, 1.82) is 0 Å². The van der Waals surface area contributed by atoms with Crippen LogP contribution in [-0.2, 0) is 14.3 Å². The predicted octanol–water partition coefficient (Wildman–Crippen LogP) is 17.4. The number of allylic oxidation sites excluding steroid dienone is 2. The van der Waals surface area contributed by atoms with E-state index in [-0.39, 0.29) is 6.42 Å². The third kappa shape index (κ3) is 47.0. The lowest BCUT2D eigenvalue weighted by Gasteiger charge is -2.40. The van der Waals surface area contributed by atoms with E-state index >= 15 is 0 Å². The fourth-order valence-electron chi connectivity index (χ4n) is 12.0. The Bertz CT molecular complexity index is 1340. The van der Waals surface area contributed by atoms with Gasteiger partial charge in [-0.2, -0.15) is 0 Å². The van der Waals surface area contributed by atoms with Crippen molar-refractivity contribution in [2.24, 2.45) is 0 Å². The first-order chi connectivity index (χ1) is 40.2. The molecule has 0 spiro atoms. The molecule has 1 aliphatic heterocycles. The van der Waals surface area contributed by atoms with Gasteiger partial charge >= 0.3 is 0 Å². The third-order valence-electron chi connectivity index (χ3n) is 17.8. The predicted molar refractivity (Wildman–Crippen MR) is 344 cm³/mol. The second-order valence-electron chi connectivity index (χ2n) is 25.7. The zero-order chi connectivity index (χ0) is 59.6. The molecule has 0 aromatic heterocycles. The summed E-state index contributed by atoms with van der Waals surface area (Å²) in [5.41, 5.74) is 0. The lowest BCUT2D eigenvalue weighted by atomic mass is 9.98. The molecule has 1 saturated heterocycles. The van der Waals surface area contributed by atoms with Gasteiger partial charge in [-0.1, -0.05) is 341 Å². The summed E-state index contributed by atoms with van der Waals surface area (Å²) in [5, 5.41) is 76.6. The second kappa shape index (κ2) is 60.1. The van der Waals surface area contributed by atoms with Gasteiger partial charge in [0.15, 0.2) is 6.29 Å². The molecule has 0 aliphatic carbocycles. The van der Waals surface area contributed by atoms with Gasteiger partial charge in [-0.15, -0.1) is 0 Å². The molecular formula is C71H139NO10. The van der Waals surface area contributed by atoms with Crippen LogP contribution >= 0.6 is 0 Å². The summed E-state index contributed by atoms with van der Waals surface area (Å²) in [5.74, 6) is -0.692. The number of hydrogen-bond donors (Lipinski definition) is 8. The van der Waals surface area contributed by atoms with Gasteiger partial charge in [-0.25, -0.2) is 0 Å². The Morgan fingerprint density at radius 1 is 0.415 bits per heavy atom. The molecule has 9 unspecified atom stereocenters. The Balaban J connectivity index is 2.18. The van der Waals surface area contributed by atoms with Gasteiger partial charge < -0.3 is 50.5 Å². The smallest absolute Gasteiger partial charge is 0.249 e. The van der Waals surface area contributed by atoms with E-state index < -0.39 is 74.2 Å². The van der Waals surface area contributed by atoms with E-state index in [9.17, 15) is 40.5 Å². The molecule has 1 amide bonds. The van der Waals surface area contributed by atoms with E-state index in [0.29, 0.717) is 19.3 Å². The maximum Gasteiger partial charge on any atom is 0.249 e. The molecule has 1 aliphatic rings. The first-order valence-electron chi connectivity index (χ1n) is 36.1. The topological polar surface area (TPSA) is 189 Å². The molecule has 1 fully saturated rings. The molecule has 82 heavy (non-hydrogen) atoms. The SMILES string of the molecule is CCCCCCCCCCCCCC/C=C\CCCCCCCCCCC(O)C(=O)NC(COC1OC(CO)C(O)C(O)C1O)C(O)C(O)CCCCCCCCCCCCCCCCCCCCCCCCCCCCCCCCC. The molecule has 488 valence electrons. The molecule has 9 atom stereocenters. The van der Waals surface area contributed by atoms with Crippen molar-refractivity contribution in [1.82, 2.24) is 5.32 Å². The molecule has 11 heteroatoms. The van der Waals surface area contributed by atoms with E-state index in [1.165, 1.54) is 283 Å². The van der Waals surface area contributed by atoms with Gasteiger partial charge in [0.05, 0.1) is 25.4 Å². The van der Waals surface area contributed by atoms with Crippen LogP contribution in [0.15, 0.2) is 12.2 Å². The maximum atomic E-state index is 13.3. The number of nitrogens with one attached hydrogen (secondary N) is 1. The van der Waals surface area contributed by atoms with Crippen LogP contribution in [-0.4, -0.2) is 110 Å². The van der Waals surface area contributed by atoms with E-state index in [1.807, 2.05) is 0 Å². The largest absolute Gasteiger partial charge is 0.394 e. The van der Waals surface area contributed by atoms with Gasteiger partial charge in [0.2, 0.25) is 5.91 Å². The highest BCUT2D eigenvalue weighted by Crippen LogP contribution is 2.24. The summed E-state index contributed by atoms with van der Waals surface area (Å²) in [6, 6.07) is -1.17. The Morgan fingerprint density at radius 3 is 1.02 bits per heavy atom. The van der Waals surface area contributed by atoms with Crippen LogP contribution in [0.3, 0.4) is 0 Å². The summed E-state index contributed by atoms with van der Waals surface area (Å²) in [6.45, 7) is 3.52. The standard InChI is InChI=1S/C71H139NO10/c1-3-5-7-9-11-13-15-17-19-21-23-25-27-29-30-31-32-33-34-35-37-38-40-42-44-46-48-50-52-54-56-58-63(74)66(76)62(61-81-71-69(79)68(78)67(77)65(60-73)82-71)72-70(80)64(75)59-57-55-53-51-49-47-45-43-41-39-36-28-26-24-22-20-18-16-14-12-10-8-6-4-2/h36,39,62-69,71,73-79H,3-35,37-38,40-61H2,1-2H3,(H,72,80)/b39-36-. The average molecular weight is 1170 g/mol. The zero-order valence-corrected chi connectivity index (χ0v) is 54.0. The Hall–Kier alpha value is -1.15. The number of aliphatic hydroxyl groups is 7. The molecule has 0 aromatic carbocycles. The monoisotopic (exact) mass is 1170 g/mol. The maximum absolute atomic E-state index is 13.3. The Labute approximate surface area is 506 Å². The third-order valence-corrected chi connectivity index (χ3v) is 17.8. The number of carbonyl (C=O) groups excluding carboxylic acids is 1. The van der Waals surface area contributed by atoms with Gasteiger partial charge in [-0.05, 0) is 38.5 Å². The highest BCUT2D eigenvalue weighted by molar-refractivity contribution is 5.80. The van der Waals surface area contributed by atoms with Crippen molar-refractivity contribution in [3.63, 3.8) is 0 Å². The van der Waals surface area contributed by atoms with Gasteiger partial charge in [0.1, 0.15) is 36.6 Å². The molecule has 0 aromatic rings. The fraction of sp³-hybridized carbons (Fsp3) is 0.958. The lowest BCUT2D eigenvalue weighted by Crippen LogP contribution is -2.60. The van der Waals surface area contributed by atoms with Crippen molar-refractivity contribution < 1.29 is 50.0 Å². The molecule has 8 N–H and O–H groups in total. The minimum absolute atomic E-state index is 0.260. The summed E-state index contributed by atoms with van der Waals surface area (Å²) < 4.78 is 11.2. The van der Waals surface area contributed by atoms with Crippen molar-refractivity contribution in [3.05, 3.63) is 12.2 Å². The number of hydrogen-bond acceptors (Lipinski definition) is 10. The van der Waals surface area contributed by atoms with Crippen molar-refractivity contribution in [2.75, 3.05) is 13.2 Å². The number of ether oxygens (including phenoxy) is 2. The molecule has 0 saturated carbocycles. The first-order valence-corrected chi connectivity index (χ1v) is 36.1. The summed E-state index contributed by atoms with van der Waals surface area (Å²) in [6.07, 6.45) is 63.0. The minimum atomic E-state index is -1.66. The Kier molecular flexibility index (Phi) is 57.8. The number of rotatable bonds is 64. The van der Waals surface area contributed by atoms with Crippen LogP contribution in [0.2, 0.25) is 0 Å². The average Bonchev–Trinajstić information content (AvgIpc) is 3.48. The van der Waals surface area contributed by atoms with Crippen LogP contribution < -0.4 is 5.32 Å². The van der Waals surface area contributed by atoms with Crippen LogP contribution in [0.25, 0.3) is 0 Å². The number of amides is 1. The lowest BCUT2D eigenvalue weighted by molar-refractivity contribution is -0.303. The zero-order valence-electron chi connectivity index (χ0n) is 54.0. The van der Waals surface area contributed by atoms with E-state index in [2.05, 4.69) is 31.3 Å². The van der Waals surface area contributed by atoms with Gasteiger partial charge in [0.25, 0.3) is 0 Å². The van der Waals surface area contributed by atoms with E-state index in [4.69, 9.17) is 9.47 Å². The summed E-state index contributed by atoms with van der Waals surface area (Å²) >= 11 is 0. The normalized spacial score (nSPS) is 19.1. The van der Waals surface area contributed by atoms with E-state index in [1.54, 1.807) is 0 Å². The van der Waals surface area contributed by atoms with Gasteiger partial charge in [0, 0.05) is 0 Å². The van der Waals surface area contributed by atoms with E-state index in [0.717, 1.165) is 44.9 Å². The first kappa shape index (κ1) is 78.9. The summed E-state index contributed by atoms with van der Waals surface area (Å²) in [4.78, 5) is 13.3. The second-order valence-corrected chi connectivity index (χ2v) is 25.7. The Morgan fingerprint density at radius 2 is 0.707 bits per heavy atom. The molecule has 11 nitrogen and oxygen atoms in total. The highest BCUT2D eigenvalue weighted by atomic mass is 16.7. The van der Waals surface area contributed by atoms with Crippen molar-refractivity contribution >= 4 is 5.91 Å². The van der Waals surface area contributed by atoms with Crippen LogP contribution in [0.5, 0.6) is 0 Å². The van der Waals surface area contributed by atoms with Crippen LogP contribution in [0.1, 0.15) is 367 Å². The number of carbonyl (C=O) groups is 1. The highest BCUT2D eigenvalue weighted by Gasteiger charge is 2.44. The fourth-order valence-corrected chi connectivity index (χ4v) is 12.0. The molecule has 1 heterocycles. The molecule has 1 rings (SSSR count). The quantitative estimate of drug-likeness (QED) is 0.0215. The minimum Gasteiger partial charge on any atom is -0.394 e. The molecular weight excluding hydrogens is 1030 g/mol.